The summed E-state index contributed by atoms with van der Waals surface area (Å²) in [5.74, 6) is 0. The van der Waals surface area contributed by atoms with Gasteiger partial charge in [0.1, 0.15) is 6.79 Å². The molecule has 0 amide bonds. The number of hydrogen-bond donors (Lipinski definition) is 0. The molecule has 0 bridgehead atoms. The Kier molecular flexibility index (Phi) is 21.5. The van der Waals surface area contributed by atoms with E-state index in [1.54, 1.807) is 0 Å². The van der Waals surface area contributed by atoms with Crippen molar-refractivity contribution in [3.63, 3.8) is 0 Å². The van der Waals surface area contributed by atoms with Gasteiger partial charge in [-0.3, -0.25) is 0 Å². The molecule has 96 valence electrons. The van der Waals surface area contributed by atoms with Crippen LogP contribution >= 0.6 is 0 Å². The van der Waals surface area contributed by atoms with Gasteiger partial charge in [0.2, 0.25) is 0 Å². The first kappa shape index (κ1) is 19.6. The van der Waals surface area contributed by atoms with E-state index in [1.165, 1.54) is 25.7 Å². The zero-order valence-corrected chi connectivity index (χ0v) is 11.7. The van der Waals surface area contributed by atoms with Crippen LogP contribution in [0.3, 0.4) is 0 Å². The monoisotopic (exact) mass is 234 g/mol. The van der Waals surface area contributed by atoms with Crippen molar-refractivity contribution in [3.05, 3.63) is 19.1 Å². The summed E-state index contributed by atoms with van der Waals surface area (Å²) in [6.45, 7) is 7.96. The minimum absolute atomic E-state index is 0. The van der Waals surface area contributed by atoms with E-state index in [-0.39, 0.29) is 18.9 Å². The van der Waals surface area contributed by atoms with Crippen molar-refractivity contribution in [1.29, 1.82) is 0 Å². The van der Waals surface area contributed by atoms with E-state index in [9.17, 15) is 0 Å². The van der Waals surface area contributed by atoms with E-state index in [0.717, 1.165) is 32.5 Å². The van der Waals surface area contributed by atoms with Crippen LogP contribution in [0, 0.1) is 6.92 Å². The molecule has 0 aliphatic rings. The van der Waals surface area contributed by atoms with Crippen LogP contribution in [0.25, 0.3) is 0 Å². The van der Waals surface area contributed by atoms with Crippen molar-refractivity contribution >= 4 is 0 Å². The van der Waals surface area contributed by atoms with Crippen LogP contribution in [0.2, 0.25) is 0 Å². The Bertz CT molecular complexity index is 149. The first-order chi connectivity index (χ1) is 7.91. The van der Waals surface area contributed by atoms with Gasteiger partial charge in [0.15, 0.2) is 0 Å². The summed E-state index contributed by atoms with van der Waals surface area (Å²) in [5, 5.41) is 0. The zero-order chi connectivity index (χ0) is 11.9. The SMILES string of the molecule is [CH2-]C/C=C/CCOCOCCCCCCC.[Li+]. The van der Waals surface area contributed by atoms with Crippen LogP contribution in [0.1, 0.15) is 51.9 Å². The van der Waals surface area contributed by atoms with Crippen LogP contribution < -0.4 is 18.9 Å². The van der Waals surface area contributed by atoms with Crippen LogP contribution in [-0.2, 0) is 9.47 Å². The van der Waals surface area contributed by atoms with Gasteiger partial charge >= 0.3 is 18.9 Å². The fourth-order valence-electron chi connectivity index (χ4n) is 1.37. The summed E-state index contributed by atoms with van der Waals surface area (Å²) in [4.78, 5) is 0. The molecule has 0 radical (unpaired) electrons. The maximum Gasteiger partial charge on any atom is 1.00 e. The fraction of sp³-hybridized carbons (Fsp3) is 0.786. The summed E-state index contributed by atoms with van der Waals surface area (Å²) >= 11 is 0. The van der Waals surface area contributed by atoms with E-state index >= 15 is 0 Å². The molecule has 0 saturated carbocycles. The molecule has 17 heavy (non-hydrogen) atoms. The predicted molar refractivity (Wildman–Crippen MR) is 69.3 cm³/mol. The molecule has 0 saturated heterocycles. The average molecular weight is 234 g/mol. The standard InChI is InChI=1S/C14H27O2.Li/c1-3-5-7-9-11-13-16-14-15-12-10-8-6-4-2;/h6,8H,2-5,7,9-14H2,1H3;/q-1;+1/b8-6+;. The Hall–Kier alpha value is 0.257. The molecular formula is C14H27LiO2. The summed E-state index contributed by atoms with van der Waals surface area (Å²) < 4.78 is 10.7. The number of hydrogen-bond acceptors (Lipinski definition) is 2. The van der Waals surface area contributed by atoms with Crippen molar-refractivity contribution in [3.8, 4) is 0 Å². The van der Waals surface area contributed by atoms with Gasteiger partial charge in [-0.25, -0.2) is 0 Å². The molecule has 0 aliphatic heterocycles. The van der Waals surface area contributed by atoms with Gasteiger partial charge in [0.25, 0.3) is 0 Å². The largest absolute Gasteiger partial charge is 1.00 e. The van der Waals surface area contributed by atoms with Gasteiger partial charge in [-0.15, -0.1) is 6.08 Å². The van der Waals surface area contributed by atoms with Gasteiger partial charge in [-0.1, -0.05) is 38.7 Å². The third-order valence-electron chi connectivity index (χ3n) is 2.32. The van der Waals surface area contributed by atoms with Crippen molar-refractivity contribution in [2.45, 2.75) is 51.9 Å². The molecule has 0 unspecified atom stereocenters. The van der Waals surface area contributed by atoms with Crippen LogP contribution in [0.4, 0.5) is 0 Å². The van der Waals surface area contributed by atoms with Crippen LogP contribution in [0.5, 0.6) is 0 Å². The first-order valence-corrected chi connectivity index (χ1v) is 6.51. The van der Waals surface area contributed by atoms with E-state index in [0.29, 0.717) is 6.79 Å². The first-order valence-electron chi connectivity index (χ1n) is 6.51. The molecule has 0 atom stereocenters. The van der Waals surface area contributed by atoms with Crippen molar-refractivity contribution < 1.29 is 28.3 Å². The minimum atomic E-state index is 0. The van der Waals surface area contributed by atoms with Crippen LogP contribution in [0.15, 0.2) is 12.2 Å². The molecule has 0 aromatic rings. The molecule has 0 aliphatic carbocycles. The minimum Gasteiger partial charge on any atom is -0.355 e. The fourth-order valence-corrected chi connectivity index (χ4v) is 1.37. The third-order valence-corrected chi connectivity index (χ3v) is 2.32. The van der Waals surface area contributed by atoms with Crippen LogP contribution in [-0.4, -0.2) is 20.0 Å². The number of unbranched alkanes of at least 4 members (excludes halogenated alkanes) is 4. The maximum absolute atomic E-state index is 5.36. The summed E-state index contributed by atoms with van der Waals surface area (Å²) in [6, 6.07) is 0. The van der Waals surface area contributed by atoms with Crippen molar-refractivity contribution in [2.75, 3.05) is 20.0 Å². The second-order valence-corrected chi connectivity index (χ2v) is 3.90. The van der Waals surface area contributed by atoms with Crippen molar-refractivity contribution in [2.24, 2.45) is 0 Å². The molecule has 0 spiro atoms. The quantitative estimate of drug-likeness (QED) is 0.166. The molecular weight excluding hydrogens is 207 g/mol. The van der Waals surface area contributed by atoms with E-state index < -0.39 is 0 Å². The third kappa shape index (κ3) is 18.8. The summed E-state index contributed by atoms with van der Waals surface area (Å²) in [5.41, 5.74) is 0. The van der Waals surface area contributed by atoms with E-state index in [2.05, 4.69) is 26.0 Å². The smallest absolute Gasteiger partial charge is 0.355 e. The maximum atomic E-state index is 5.36. The Labute approximate surface area is 119 Å². The Morgan fingerprint density at radius 2 is 1.65 bits per heavy atom. The van der Waals surface area contributed by atoms with Gasteiger partial charge < -0.3 is 16.4 Å². The van der Waals surface area contributed by atoms with Gasteiger partial charge in [0, 0.05) is 6.61 Å². The summed E-state index contributed by atoms with van der Waals surface area (Å²) in [6.07, 6.45) is 12.4. The van der Waals surface area contributed by atoms with E-state index in [4.69, 9.17) is 9.47 Å². The molecule has 3 heteroatoms. The number of ether oxygens (including phenoxy) is 2. The zero-order valence-electron chi connectivity index (χ0n) is 11.7. The Morgan fingerprint density at radius 3 is 2.35 bits per heavy atom. The summed E-state index contributed by atoms with van der Waals surface area (Å²) in [7, 11) is 0. The van der Waals surface area contributed by atoms with Gasteiger partial charge in [0.05, 0.1) is 6.61 Å². The molecule has 0 rings (SSSR count). The number of allylic oxidation sites excluding steroid dienone is 1. The topological polar surface area (TPSA) is 18.5 Å². The molecule has 0 aromatic carbocycles. The molecule has 0 aromatic heterocycles. The second kappa shape index (κ2) is 18.6. The van der Waals surface area contributed by atoms with E-state index in [1.807, 2.05) is 0 Å². The Morgan fingerprint density at radius 1 is 0.941 bits per heavy atom. The van der Waals surface area contributed by atoms with Crippen molar-refractivity contribution in [1.82, 2.24) is 0 Å². The molecule has 0 fully saturated rings. The molecule has 0 heterocycles. The predicted octanol–water partition coefficient (Wildman–Crippen LogP) is 1.12. The van der Waals surface area contributed by atoms with Gasteiger partial charge in [-0.2, -0.15) is 6.42 Å². The second-order valence-electron chi connectivity index (χ2n) is 3.90. The average Bonchev–Trinajstić information content (AvgIpc) is 2.31. The van der Waals surface area contributed by atoms with Gasteiger partial charge in [-0.05, 0) is 12.8 Å². The molecule has 2 nitrogen and oxygen atoms in total. The Balaban J connectivity index is 0. The number of rotatable bonds is 12. The molecule has 0 N–H and O–H groups in total. The normalized spacial score (nSPS) is 10.7.